The van der Waals surface area contributed by atoms with Gasteiger partial charge >= 0.3 is 5.97 Å². The molecule has 0 saturated carbocycles. The molecule has 7 N–H and O–H groups in total. The molecule has 1 aliphatic heterocycles. The summed E-state index contributed by atoms with van der Waals surface area (Å²) in [6.45, 7) is 0. The van der Waals surface area contributed by atoms with Crippen molar-refractivity contribution in [2.45, 2.75) is 30.1 Å². The summed E-state index contributed by atoms with van der Waals surface area (Å²) in [5.41, 5.74) is 0.747. The highest BCUT2D eigenvalue weighted by Crippen LogP contribution is 2.35. The van der Waals surface area contributed by atoms with Gasteiger partial charge in [0.1, 0.15) is 5.75 Å². The second kappa shape index (κ2) is 9.38. The number of carboxylic acids is 1. The summed E-state index contributed by atoms with van der Waals surface area (Å²) >= 11 is 0. The molecule has 2 aromatic carbocycles. The van der Waals surface area contributed by atoms with Gasteiger partial charge in [-0.1, -0.05) is 12.1 Å². The first-order valence-corrected chi connectivity index (χ1v) is 9.70. The normalized spacial score (nSPS) is 23.4. The van der Waals surface area contributed by atoms with Crippen LogP contribution in [-0.4, -0.2) is 84.7 Å². The van der Waals surface area contributed by atoms with Gasteiger partial charge in [-0.25, -0.2) is 4.79 Å². The van der Waals surface area contributed by atoms with Crippen LogP contribution in [-0.2, 0) is 9.53 Å². The highest BCUT2D eigenvalue weighted by atomic mass is 16.8. The zero-order chi connectivity index (χ0) is 25.3. The van der Waals surface area contributed by atoms with E-state index in [1.54, 1.807) is 6.07 Å². The molecule has 3 unspecified atom stereocenters. The number of benzene rings is 2. The minimum atomic E-state index is -3.52. The third-order valence-corrected chi connectivity index (χ3v) is 5.03. The fourth-order valence-corrected chi connectivity index (χ4v) is 3.16. The van der Waals surface area contributed by atoms with E-state index in [-0.39, 0.29) is 22.8 Å². The molecule has 0 spiro atoms. The number of allylic oxidation sites excluding steroid dienone is 1. The Balaban J connectivity index is 1.72. The predicted octanol–water partition coefficient (Wildman–Crippen LogP) is -0.792. The van der Waals surface area contributed by atoms with Crippen molar-refractivity contribution in [1.82, 2.24) is 0 Å². The summed E-state index contributed by atoms with van der Waals surface area (Å²) in [7, 11) is 1.40. The van der Waals surface area contributed by atoms with Crippen LogP contribution in [0.15, 0.2) is 48.5 Å². The SMILES string of the molecule is COc1ccc(C=CC(=O)c2ccc(OC3OC(C(=O)O)C(O)(O)C(O)C3(O)O)cc2)cc1O. The van der Waals surface area contributed by atoms with Crippen LogP contribution in [0.4, 0.5) is 0 Å². The minimum absolute atomic E-state index is 0.0951. The average molecular weight is 478 g/mol. The van der Waals surface area contributed by atoms with Gasteiger partial charge in [-0.3, -0.25) is 4.79 Å². The minimum Gasteiger partial charge on any atom is -0.504 e. The number of carbonyl (C=O) groups excluding carboxylic acids is 1. The number of carboxylic acid groups (broad SMARTS) is 1. The van der Waals surface area contributed by atoms with Crippen molar-refractivity contribution >= 4 is 17.8 Å². The summed E-state index contributed by atoms with van der Waals surface area (Å²) in [4.78, 5) is 23.6. The van der Waals surface area contributed by atoms with Gasteiger partial charge in [-0.05, 0) is 48.0 Å². The smallest absolute Gasteiger partial charge is 0.338 e. The number of aliphatic hydroxyl groups is 5. The van der Waals surface area contributed by atoms with Crippen molar-refractivity contribution in [2.75, 3.05) is 7.11 Å². The third kappa shape index (κ3) is 4.87. The van der Waals surface area contributed by atoms with Crippen LogP contribution in [0.25, 0.3) is 6.08 Å². The molecule has 1 aliphatic rings. The molecular formula is C22H22O12. The first-order valence-electron chi connectivity index (χ1n) is 9.70. The van der Waals surface area contributed by atoms with Crippen molar-refractivity contribution in [3.8, 4) is 17.2 Å². The van der Waals surface area contributed by atoms with Crippen molar-refractivity contribution < 1.29 is 59.5 Å². The molecule has 12 nitrogen and oxygen atoms in total. The first-order chi connectivity index (χ1) is 15.9. The molecular weight excluding hydrogens is 456 g/mol. The molecule has 0 aromatic heterocycles. The number of hydrogen-bond acceptors (Lipinski definition) is 11. The average Bonchev–Trinajstić information content (AvgIpc) is 2.78. The maximum absolute atomic E-state index is 12.4. The summed E-state index contributed by atoms with van der Waals surface area (Å²) in [5, 5.41) is 68.2. The highest BCUT2D eigenvalue weighted by Gasteiger charge is 2.65. The zero-order valence-electron chi connectivity index (χ0n) is 17.6. The summed E-state index contributed by atoms with van der Waals surface area (Å²) in [5.74, 6) is -9.15. The molecule has 0 aliphatic carbocycles. The second-order valence-corrected chi connectivity index (χ2v) is 7.43. The number of hydrogen-bond donors (Lipinski definition) is 7. The van der Waals surface area contributed by atoms with Crippen molar-refractivity contribution in [2.24, 2.45) is 0 Å². The van der Waals surface area contributed by atoms with E-state index in [4.69, 9.17) is 19.3 Å². The molecule has 12 heteroatoms. The lowest BCUT2D eigenvalue weighted by Crippen LogP contribution is -2.74. The van der Waals surface area contributed by atoms with E-state index < -0.39 is 41.8 Å². The summed E-state index contributed by atoms with van der Waals surface area (Å²) in [6, 6.07) is 9.69. The van der Waals surface area contributed by atoms with E-state index >= 15 is 0 Å². The molecule has 182 valence electrons. The Kier molecular flexibility index (Phi) is 6.93. The standard InChI is InChI=1S/C22H22O12/c1-32-16-9-3-11(10-15(16)24)2-8-14(23)12-4-6-13(7-5-12)33-20-22(30,31)19(27)21(28,29)17(34-20)18(25)26/h2-10,17,19-20,24,27-31H,1H3,(H,25,26). The van der Waals surface area contributed by atoms with E-state index in [9.17, 15) is 40.2 Å². The van der Waals surface area contributed by atoms with Gasteiger partial charge in [-0.2, -0.15) is 0 Å². The van der Waals surface area contributed by atoms with Gasteiger partial charge in [0.25, 0.3) is 12.1 Å². The monoisotopic (exact) mass is 478 g/mol. The van der Waals surface area contributed by atoms with Crippen LogP contribution in [0, 0.1) is 0 Å². The summed E-state index contributed by atoms with van der Waals surface area (Å²) < 4.78 is 14.9. The number of ether oxygens (including phenoxy) is 3. The number of rotatable bonds is 7. The van der Waals surface area contributed by atoms with Gasteiger partial charge in [0.15, 0.2) is 23.4 Å². The Bertz CT molecular complexity index is 1090. The molecule has 1 saturated heterocycles. The molecule has 3 atom stereocenters. The molecule has 0 radical (unpaired) electrons. The third-order valence-electron chi connectivity index (χ3n) is 5.03. The van der Waals surface area contributed by atoms with Crippen molar-refractivity contribution in [1.29, 1.82) is 0 Å². The van der Waals surface area contributed by atoms with Gasteiger partial charge < -0.3 is 50.0 Å². The van der Waals surface area contributed by atoms with Crippen molar-refractivity contribution in [3.05, 3.63) is 59.7 Å². The van der Waals surface area contributed by atoms with E-state index in [2.05, 4.69) is 0 Å². The molecule has 3 rings (SSSR count). The van der Waals surface area contributed by atoms with Crippen LogP contribution < -0.4 is 9.47 Å². The van der Waals surface area contributed by atoms with Gasteiger partial charge in [0.05, 0.1) is 7.11 Å². The Labute approximate surface area is 192 Å². The van der Waals surface area contributed by atoms with E-state index in [0.717, 1.165) is 0 Å². The fraction of sp³-hybridized carbons (Fsp3) is 0.273. The topological polar surface area (TPSA) is 203 Å². The number of phenols is 1. The van der Waals surface area contributed by atoms with Crippen LogP contribution in [0.1, 0.15) is 15.9 Å². The highest BCUT2D eigenvalue weighted by molar-refractivity contribution is 6.06. The van der Waals surface area contributed by atoms with E-state index in [0.29, 0.717) is 5.56 Å². The molecule has 0 bridgehead atoms. The number of methoxy groups -OCH3 is 1. The Morgan fingerprint density at radius 2 is 1.68 bits per heavy atom. The molecule has 1 fully saturated rings. The molecule has 2 aromatic rings. The number of ketones is 1. The van der Waals surface area contributed by atoms with Crippen molar-refractivity contribution in [3.63, 3.8) is 0 Å². The maximum atomic E-state index is 12.4. The van der Waals surface area contributed by atoms with Crippen LogP contribution in [0.5, 0.6) is 17.2 Å². The first kappa shape index (κ1) is 25.1. The van der Waals surface area contributed by atoms with Crippen LogP contribution in [0.3, 0.4) is 0 Å². The number of carbonyl (C=O) groups is 2. The molecule has 1 heterocycles. The quantitative estimate of drug-likeness (QED) is 0.149. The lowest BCUT2D eigenvalue weighted by atomic mass is 9.92. The number of aromatic hydroxyl groups is 1. The van der Waals surface area contributed by atoms with E-state index in [1.165, 1.54) is 55.7 Å². The Hall–Kier alpha value is -3.52. The largest absolute Gasteiger partial charge is 0.504 e. The molecule has 34 heavy (non-hydrogen) atoms. The lowest BCUT2D eigenvalue weighted by molar-refractivity contribution is -0.440. The van der Waals surface area contributed by atoms with Gasteiger partial charge in [0, 0.05) is 5.56 Å². The Morgan fingerprint density at radius 1 is 1.03 bits per heavy atom. The van der Waals surface area contributed by atoms with Gasteiger partial charge in [0.2, 0.25) is 11.9 Å². The maximum Gasteiger partial charge on any atom is 0.338 e. The van der Waals surface area contributed by atoms with E-state index in [1.807, 2.05) is 0 Å². The number of aliphatic hydroxyl groups excluding tert-OH is 1. The lowest BCUT2D eigenvalue weighted by Gasteiger charge is -2.47. The van der Waals surface area contributed by atoms with Crippen LogP contribution in [0.2, 0.25) is 0 Å². The summed E-state index contributed by atoms with van der Waals surface area (Å²) in [6.07, 6.45) is -4.73. The van der Waals surface area contributed by atoms with Crippen LogP contribution >= 0.6 is 0 Å². The second-order valence-electron chi connectivity index (χ2n) is 7.43. The number of phenolic OH excluding ortho intramolecular Hbond substituents is 1. The number of aliphatic carboxylic acids is 1. The van der Waals surface area contributed by atoms with Gasteiger partial charge in [-0.15, -0.1) is 0 Å². The predicted molar refractivity (Wildman–Crippen MR) is 112 cm³/mol. The zero-order valence-corrected chi connectivity index (χ0v) is 17.6. The fourth-order valence-electron chi connectivity index (χ4n) is 3.16. The molecule has 0 amide bonds. The Morgan fingerprint density at radius 3 is 2.24 bits per heavy atom.